The van der Waals surface area contributed by atoms with Crippen molar-refractivity contribution in [1.29, 1.82) is 0 Å². The number of ether oxygens (including phenoxy) is 1. The number of rotatable bonds is 4. The molecule has 1 N–H and O–H groups in total. The number of likely N-dealkylation sites (N-methyl/N-ethyl adjacent to an activating group) is 1. The molecule has 1 fully saturated rings. The van der Waals surface area contributed by atoms with Gasteiger partial charge in [0.15, 0.2) is 0 Å². The average Bonchev–Trinajstić information content (AvgIpc) is 2.91. The molecule has 2 atom stereocenters. The summed E-state index contributed by atoms with van der Waals surface area (Å²) < 4.78 is 32.1. The van der Waals surface area contributed by atoms with Gasteiger partial charge in [-0.05, 0) is 12.1 Å². The number of carbonyl (C=O) groups excluding carboxylic acids is 1. The van der Waals surface area contributed by atoms with Gasteiger partial charge in [-0.1, -0.05) is 6.07 Å². The molecular formula is C14H15F2NO4. The molecule has 0 bridgehead atoms. The van der Waals surface area contributed by atoms with E-state index in [1.54, 1.807) is 0 Å². The zero-order valence-corrected chi connectivity index (χ0v) is 11.4. The zero-order chi connectivity index (χ0) is 15.6. The Balaban J connectivity index is 2.11. The molecular weight excluding hydrogens is 284 g/mol. The van der Waals surface area contributed by atoms with Crippen molar-refractivity contribution in [3.05, 3.63) is 35.4 Å². The molecule has 1 saturated heterocycles. The maximum atomic E-state index is 13.5. The molecule has 0 aliphatic carbocycles. The Morgan fingerprint density at radius 2 is 1.95 bits per heavy atom. The summed E-state index contributed by atoms with van der Waals surface area (Å²) >= 11 is 0. The summed E-state index contributed by atoms with van der Waals surface area (Å²) in [5.41, 5.74) is -0.319. The van der Waals surface area contributed by atoms with E-state index in [0.717, 1.165) is 12.1 Å². The van der Waals surface area contributed by atoms with Crippen molar-refractivity contribution in [3.63, 3.8) is 0 Å². The van der Waals surface area contributed by atoms with Gasteiger partial charge in [0, 0.05) is 12.6 Å². The molecule has 114 valence electrons. The van der Waals surface area contributed by atoms with Crippen LogP contribution in [0.25, 0.3) is 0 Å². The van der Waals surface area contributed by atoms with Crippen molar-refractivity contribution in [2.45, 2.75) is 12.5 Å². The van der Waals surface area contributed by atoms with E-state index < -0.39 is 41.9 Å². The normalized spacial score (nSPS) is 21.3. The Labute approximate surface area is 120 Å². The Kier molecular flexibility index (Phi) is 4.52. The number of aliphatic carboxylic acids is 1. The van der Waals surface area contributed by atoms with Crippen molar-refractivity contribution < 1.29 is 28.2 Å². The minimum Gasteiger partial charge on any atom is -0.481 e. The Morgan fingerprint density at radius 1 is 1.33 bits per heavy atom. The summed E-state index contributed by atoms with van der Waals surface area (Å²) in [4.78, 5) is 24.4. The van der Waals surface area contributed by atoms with Crippen LogP contribution in [-0.2, 0) is 20.7 Å². The summed E-state index contributed by atoms with van der Waals surface area (Å²) in [6.07, 6.45) is -0.460. The number of carboxylic acids is 1. The van der Waals surface area contributed by atoms with E-state index in [1.165, 1.54) is 18.0 Å². The van der Waals surface area contributed by atoms with E-state index in [9.17, 15) is 18.4 Å². The predicted molar refractivity (Wildman–Crippen MR) is 68.6 cm³/mol. The highest BCUT2D eigenvalue weighted by atomic mass is 19.1. The number of carbonyl (C=O) groups is 2. The van der Waals surface area contributed by atoms with Crippen LogP contribution < -0.4 is 0 Å². The summed E-state index contributed by atoms with van der Waals surface area (Å²) in [5, 5.41) is 9.05. The predicted octanol–water partition coefficient (Wildman–Crippen LogP) is 1.07. The van der Waals surface area contributed by atoms with Gasteiger partial charge >= 0.3 is 5.97 Å². The van der Waals surface area contributed by atoms with Crippen LogP contribution in [0.3, 0.4) is 0 Å². The van der Waals surface area contributed by atoms with Gasteiger partial charge in [-0.25, -0.2) is 8.78 Å². The highest BCUT2D eigenvalue weighted by molar-refractivity contribution is 5.80. The van der Waals surface area contributed by atoms with Gasteiger partial charge in [-0.15, -0.1) is 0 Å². The smallest absolute Gasteiger partial charge is 0.311 e. The first-order valence-corrected chi connectivity index (χ1v) is 6.41. The standard InChI is InChI=1S/C14H15F2NO4/c1-17(12-7-21-6-9(12)14(19)20)13(18)5-8-10(15)3-2-4-11(8)16/h2-4,9,12H,5-7H2,1H3,(H,19,20). The maximum absolute atomic E-state index is 13.5. The van der Waals surface area contributed by atoms with Gasteiger partial charge < -0.3 is 14.7 Å². The van der Waals surface area contributed by atoms with Crippen LogP contribution in [0.15, 0.2) is 18.2 Å². The third kappa shape index (κ3) is 3.18. The van der Waals surface area contributed by atoms with E-state index in [2.05, 4.69) is 0 Å². The van der Waals surface area contributed by atoms with Crippen LogP contribution in [0, 0.1) is 17.6 Å². The summed E-state index contributed by atoms with van der Waals surface area (Å²) in [6, 6.07) is 2.73. The molecule has 0 aromatic heterocycles. The molecule has 1 aliphatic heterocycles. The first-order valence-electron chi connectivity index (χ1n) is 6.41. The molecule has 2 unspecified atom stereocenters. The molecule has 1 aromatic rings. The van der Waals surface area contributed by atoms with E-state index in [4.69, 9.17) is 9.84 Å². The van der Waals surface area contributed by atoms with Crippen molar-refractivity contribution in [2.24, 2.45) is 5.92 Å². The van der Waals surface area contributed by atoms with Gasteiger partial charge in [0.1, 0.15) is 17.6 Å². The van der Waals surface area contributed by atoms with Crippen LogP contribution in [0.4, 0.5) is 8.78 Å². The van der Waals surface area contributed by atoms with Crippen LogP contribution in [0.1, 0.15) is 5.56 Å². The van der Waals surface area contributed by atoms with E-state index in [-0.39, 0.29) is 18.8 Å². The SMILES string of the molecule is CN(C(=O)Cc1c(F)cccc1F)C1COCC1C(=O)O. The number of hydrogen-bond donors (Lipinski definition) is 1. The number of halogens is 2. The van der Waals surface area contributed by atoms with Crippen molar-refractivity contribution in [2.75, 3.05) is 20.3 Å². The molecule has 2 rings (SSSR count). The lowest BCUT2D eigenvalue weighted by molar-refractivity contribution is -0.144. The first-order chi connectivity index (χ1) is 9.91. The lowest BCUT2D eigenvalue weighted by Gasteiger charge is -2.26. The van der Waals surface area contributed by atoms with Crippen LogP contribution in [0.2, 0.25) is 0 Å². The molecule has 21 heavy (non-hydrogen) atoms. The lowest BCUT2D eigenvalue weighted by Crippen LogP contribution is -2.44. The van der Waals surface area contributed by atoms with E-state index in [0.29, 0.717) is 0 Å². The van der Waals surface area contributed by atoms with E-state index >= 15 is 0 Å². The third-order valence-corrected chi connectivity index (χ3v) is 3.65. The quantitative estimate of drug-likeness (QED) is 0.903. The topological polar surface area (TPSA) is 66.8 Å². The molecule has 0 radical (unpaired) electrons. The largest absolute Gasteiger partial charge is 0.481 e. The summed E-state index contributed by atoms with van der Waals surface area (Å²) in [6.45, 7) is 0.116. The van der Waals surface area contributed by atoms with Crippen molar-refractivity contribution >= 4 is 11.9 Å². The Hall–Kier alpha value is -2.02. The summed E-state index contributed by atoms with van der Waals surface area (Å²) in [5.74, 6) is -4.04. The molecule has 1 aliphatic rings. The third-order valence-electron chi connectivity index (χ3n) is 3.65. The van der Waals surface area contributed by atoms with E-state index in [1.807, 2.05) is 0 Å². The highest BCUT2D eigenvalue weighted by Gasteiger charge is 2.38. The minimum atomic E-state index is -1.06. The van der Waals surface area contributed by atoms with Crippen LogP contribution >= 0.6 is 0 Å². The molecule has 1 amide bonds. The minimum absolute atomic E-state index is 0.0195. The second kappa shape index (κ2) is 6.17. The van der Waals surface area contributed by atoms with Gasteiger partial charge in [0.2, 0.25) is 5.91 Å². The number of amides is 1. The van der Waals surface area contributed by atoms with Crippen molar-refractivity contribution in [3.8, 4) is 0 Å². The van der Waals surface area contributed by atoms with Gasteiger partial charge in [-0.2, -0.15) is 0 Å². The van der Waals surface area contributed by atoms with Crippen LogP contribution in [0.5, 0.6) is 0 Å². The molecule has 5 nitrogen and oxygen atoms in total. The number of carboxylic acid groups (broad SMARTS) is 1. The van der Waals surface area contributed by atoms with Gasteiger partial charge in [0.25, 0.3) is 0 Å². The molecule has 0 saturated carbocycles. The lowest BCUT2D eigenvalue weighted by atomic mass is 10.0. The fourth-order valence-corrected chi connectivity index (χ4v) is 2.32. The fourth-order valence-electron chi connectivity index (χ4n) is 2.32. The Bertz CT molecular complexity index is 544. The van der Waals surface area contributed by atoms with Gasteiger partial charge in [-0.3, -0.25) is 9.59 Å². The number of benzene rings is 1. The Morgan fingerprint density at radius 3 is 2.52 bits per heavy atom. The molecule has 1 heterocycles. The molecule has 7 heteroatoms. The average molecular weight is 299 g/mol. The molecule has 0 spiro atoms. The zero-order valence-electron chi connectivity index (χ0n) is 11.4. The molecule has 1 aromatic carbocycles. The number of nitrogens with zero attached hydrogens (tertiary/aromatic N) is 1. The number of hydrogen-bond acceptors (Lipinski definition) is 3. The maximum Gasteiger partial charge on any atom is 0.311 e. The monoisotopic (exact) mass is 299 g/mol. The second-order valence-corrected chi connectivity index (χ2v) is 4.93. The first kappa shape index (κ1) is 15.4. The highest BCUT2D eigenvalue weighted by Crippen LogP contribution is 2.21. The summed E-state index contributed by atoms with van der Waals surface area (Å²) in [7, 11) is 1.41. The second-order valence-electron chi connectivity index (χ2n) is 4.93. The fraction of sp³-hybridized carbons (Fsp3) is 0.429. The van der Waals surface area contributed by atoms with Gasteiger partial charge in [0.05, 0.1) is 25.7 Å². The van der Waals surface area contributed by atoms with Crippen molar-refractivity contribution in [1.82, 2.24) is 4.90 Å². The van der Waals surface area contributed by atoms with Crippen LogP contribution in [-0.4, -0.2) is 48.2 Å².